The van der Waals surface area contributed by atoms with Gasteiger partial charge < -0.3 is 9.47 Å². The lowest BCUT2D eigenvalue weighted by Gasteiger charge is -2.45. The summed E-state index contributed by atoms with van der Waals surface area (Å²) in [5.74, 6) is 1.11. The summed E-state index contributed by atoms with van der Waals surface area (Å²) in [5, 5.41) is 0.773. The zero-order valence-electron chi connectivity index (χ0n) is 24.2. The number of hydrogen-bond acceptors (Lipinski definition) is 3. The average molecular weight is 602 g/mol. The van der Waals surface area contributed by atoms with Crippen molar-refractivity contribution in [2.45, 2.75) is 75.4 Å². The summed E-state index contributed by atoms with van der Waals surface area (Å²) in [7, 11) is 0. The van der Waals surface area contributed by atoms with Crippen molar-refractivity contribution in [2.75, 3.05) is 19.6 Å². The summed E-state index contributed by atoms with van der Waals surface area (Å²) in [4.78, 5) is 23.1. The molecule has 42 heavy (non-hydrogen) atoms. The third kappa shape index (κ3) is 4.94. The number of nitrogens with zero attached hydrogens (tertiary/aromatic N) is 4. The van der Waals surface area contributed by atoms with Crippen LogP contribution in [0.1, 0.15) is 72.7 Å². The molecule has 4 aromatic rings. The summed E-state index contributed by atoms with van der Waals surface area (Å²) in [6.45, 7) is 4.71. The lowest BCUT2D eigenvalue weighted by molar-refractivity contribution is 0.0607. The van der Waals surface area contributed by atoms with Crippen molar-refractivity contribution >= 4 is 40.1 Å². The van der Waals surface area contributed by atoms with Crippen molar-refractivity contribution in [2.24, 2.45) is 0 Å². The number of aryl methyl sites for hydroxylation is 1. The number of halogens is 2. The average Bonchev–Trinajstić information content (AvgIpc) is 3.48. The Bertz CT molecular complexity index is 1580. The molecule has 2 bridgehead atoms. The van der Waals surface area contributed by atoms with Gasteiger partial charge in [0.1, 0.15) is 5.82 Å². The van der Waals surface area contributed by atoms with Crippen molar-refractivity contribution in [3.8, 4) is 0 Å². The first-order chi connectivity index (χ1) is 20.4. The van der Waals surface area contributed by atoms with Crippen LogP contribution < -0.4 is 0 Å². The highest BCUT2D eigenvalue weighted by molar-refractivity contribution is 6.43. The highest BCUT2D eigenvalue weighted by Crippen LogP contribution is 2.45. The van der Waals surface area contributed by atoms with Gasteiger partial charge in [0, 0.05) is 31.2 Å². The molecule has 7 rings (SSSR count). The van der Waals surface area contributed by atoms with Gasteiger partial charge in [-0.2, -0.15) is 0 Å². The first-order valence-electron chi connectivity index (χ1n) is 15.4. The van der Waals surface area contributed by atoms with Gasteiger partial charge in [0.25, 0.3) is 5.91 Å². The molecule has 3 aromatic carbocycles. The van der Waals surface area contributed by atoms with Gasteiger partial charge in [-0.3, -0.25) is 9.69 Å². The smallest absolute Gasteiger partial charge is 0.255 e. The highest BCUT2D eigenvalue weighted by atomic mass is 35.5. The summed E-state index contributed by atoms with van der Waals surface area (Å²) in [6.07, 6.45) is 7.97. The van der Waals surface area contributed by atoms with Crippen LogP contribution in [0.4, 0.5) is 0 Å². The molecule has 0 spiro atoms. The standard InChI is InChI=1S/C35H38Cl2N4O/c1-24-38-31-12-5-6-13-32(31)41(24)28-22-26-14-15-27(23-28)40(26)21-18-35(25-8-3-2-4-9-25)16-19-39(20-17-35)34(42)29-10-7-11-30(36)33(29)37/h2-13,26-28H,14-23H2,1H3/t26-,27+,28?. The van der Waals surface area contributed by atoms with E-state index in [0.29, 0.717) is 33.7 Å². The Morgan fingerprint density at radius 3 is 2.31 bits per heavy atom. The zero-order valence-corrected chi connectivity index (χ0v) is 25.7. The van der Waals surface area contributed by atoms with Crippen molar-refractivity contribution in [1.82, 2.24) is 19.4 Å². The topological polar surface area (TPSA) is 41.4 Å². The largest absolute Gasteiger partial charge is 0.339 e. The van der Waals surface area contributed by atoms with Crippen LogP contribution in [0.15, 0.2) is 72.8 Å². The van der Waals surface area contributed by atoms with Gasteiger partial charge in [-0.15, -0.1) is 0 Å². The number of fused-ring (bicyclic) bond motifs is 3. The molecule has 0 saturated carbocycles. The molecule has 0 aliphatic carbocycles. The molecule has 218 valence electrons. The Morgan fingerprint density at radius 1 is 0.881 bits per heavy atom. The second-order valence-electron chi connectivity index (χ2n) is 12.6. The van der Waals surface area contributed by atoms with E-state index < -0.39 is 0 Å². The molecule has 1 aromatic heterocycles. The summed E-state index contributed by atoms with van der Waals surface area (Å²) < 4.78 is 2.52. The van der Waals surface area contributed by atoms with E-state index in [1.54, 1.807) is 18.2 Å². The molecule has 1 unspecified atom stereocenters. The zero-order chi connectivity index (χ0) is 28.8. The minimum atomic E-state index is -0.0217. The van der Waals surface area contributed by atoms with Crippen LogP contribution >= 0.6 is 23.2 Å². The first-order valence-corrected chi connectivity index (χ1v) is 16.2. The van der Waals surface area contributed by atoms with Gasteiger partial charge in [0.2, 0.25) is 0 Å². The minimum Gasteiger partial charge on any atom is -0.339 e. The first kappa shape index (κ1) is 27.9. The number of para-hydroxylation sites is 2. The lowest BCUT2D eigenvalue weighted by Crippen LogP contribution is -2.49. The Hall–Kier alpha value is -2.86. The Kier molecular flexibility index (Phi) is 7.54. The molecular formula is C35H38Cl2N4O. The fourth-order valence-corrected chi connectivity index (χ4v) is 8.62. The van der Waals surface area contributed by atoms with Gasteiger partial charge in [-0.25, -0.2) is 4.98 Å². The van der Waals surface area contributed by atoms with E-state index in [-0.39, 0.29) is 11.3 Å². The lowest BCUT2D eigenvalue weighted by atomic mass is 9.70. The van der Waals surface area contributed by atoms with E-state index >= 15 is 0 Å². The van der Waals surface area contributed by atoms with E-state index in [9.17, 15) is 4.79 Å². The van der Waals surface area contributed by atoms with Gasteiger partial charge in [0.15, 0.2) is 0 Å². The molecule has 3 aliphatic rings. The fourth-order valence-electron chi connectivity index (χ4n) is 8.24. The number of rotatable bonds is 6. The van der Waals surface area contributed by atoms with Crippen LogP contribution in [0.2, 0.25) is 10.0 Å². The second kappa shape index (κ2) is 11.3. The van der Waals surface area contributed by atoms with Crippen LogP contribution in [0.25, 0.3) is 11.0 Å². The van der Waals surface area contributed by atoms with Crippen molar-refractivity contribution in [3.05, 3.63) is 99.8 Å². The Labute approximate surface area is 258 Å². The molecule has 3 saturated heterocycles. The number of likely N-dealkylation sites (tertiary alicyclic amines) is 1. The Morgan fingerprint density at radius 2 is 1.57 bits per heavy atom. The number of imidazole rings is 1. The van der Waals surface area contributed by atoms with E-state index in [1.165, 1.54) is 36.8 Å². The number of aromatic nitrogens is 2. The van der Waals surface area contributed by atoms with Crippen LogP contribution in [0, 0.1) is 6.92 Å². The monoisotopic (exact) mass is 600 g/mol. The molecule has 7 heteroatoms. The molecule has 3 fully saturated rings. The maximum atomic E-state index is 13.4. The second-order valence-corrected chi connectivity index (χ2v) is 13.3. The van der Waals surface area contributed by atoms with E-state index in [0.717, 1.165) is 50.2 Å². The number of carbonyl (C=O) groups excluding carboxylic acids is 1. The van der Waals surface area contributed by atoms with Gasteiger partial charge >= 0.3 is 0 Å². The van der Waals surface area contributed by atoms with E-state index in [4.69, 9.17) is 28.2 Å². The molecule has 1 amide bonds. The third-order valence-corrected chi connectivity index (χ3v) is 11.2. The van der Waals surface area contributed by atoms with Gasteiger partial charge in [-0.05, 0) is 93.7 Å². The van der Waals surface area contributed by atoms with Crippen LogP contribution in [-0.4, -0.2) is 57.0 Å². The van der Waals surface area contributed by atoms with Crippen molar-refractivity contribution < 1.29 is 4.79 Å². The predicted molar refractivity (Wildman–Crippen MR) is 171 cm³/mol. The van der Waals surface area contributed by atoms with E-state index in [1.807, 2.05) is 4.90 Å². The number of carbonyl (C=O) groups is 1. The summed E-state index contributed by atoms with van der Waals surface area (Å²) in [5.41, 5.74) is 4.34. The molecule has 0 N–H and O–H groups in total. The number of benzene rings is 3. The highest BCUT2D eigenvalue weighted by Gasteiger charge is 2.44. The molecular weight excluding hydrogens is 563 g/mol. The quantitative estimate of drug-likeness (QED) is 0.224. The molecule has 3 atom stereocenters. The molecule has 0 radical (unpaired) electrons. The van der Waals surface area contributed by atoms with Crippen LogP contribution in [0.3, 0.4) is 0 Å². The fraction of sp³-hybridized carbons (Fsp3) is 0.429. The third-order valence-electron chi connectivity index (χ3n) is 10.4. The normalized spacial score (nSPS) is 23.9. The maximum Gasteiger partial charge on any atom is 0.255 e. The minimum absolute atomic E-state index is 0.0217. The number of hydrogen-bond donors (Lipinski definition) is 0. The van der Waals surface area contributed by atoms with Crippen LogP contribution in [0.5, 0.6) is 0 Å². The van der Waals surface area contributed by atoms with Crippen molar-refractivity contribution in [3.63, 3.8) is 0 Å². The van der Waals surface area contributed by atoms with Crippen molar-refractivity contribution in [1.29, 1.82) is 0 Å². The summed E-state index contributed by atoms with van der Waals surface area (Å²) >= 11 is 12.6. The molecule has 5 nitrogen and oxygen atoms in total. The molecule has 4 heterocycles. The van der Waals surface area contributed by atoms with Gasteiger partial charge in [-0.1, -0.05) is 71.7 Å². The summed E-state index contributed by atoms with van der Waals surface area (Å²) in [6, 6.07) is 26.6. The molecule has 3 aliphatic heterocycles. The Balaban J connectivity index is 1.07. The number of amides is 1. The SMILES string of the molecule is Cc1nc2ccccc2n1C1C[C@H]2CC[C@@H](C1)N2CCC1(c2ccccc2)CCN(C(=O)c2cccc(Cl)c2Cl)CC1. The maximum absolute atomic E-state index is 13.4. The van der Waals surface area contributed by atoms with Crippen LogP contribution in [-0.2, 0) is 5.41 Å². The van der Waals surface area contributed by atoms with E-state index in [2.05, 4.69) is 71.0 Å². The number of piperidine rings is 2. The predicted octanol–water partition coefficient (Wildman–Crippen LogP) is 8.08. The van der Waals surface area contributed by atoms with Gasteiger partial charge in [0.05, 0.1) is 26.6 Å².